The number of nitro groups is 1. The molecule has 0 bridgehead atoms. The zero-order valence-corrected chi connectivity index (χ0v) is 19.6. The van der Waals surface area contributed by atoms with Crippen LogP contribution in [-0.4, -0.2) is 73.0 Å². The van der Waals surface area contributed by atoms with Gasteiger partial charge in [-0.3, -0.25) is 14.9 Å². The molecular formula is C25H29FN4O5. The maximum atomic E-state index is 14.7. The molecule has 0 spiro atoms. The van der Waals surface area contributed by atoms with Crippen LogP contribution >= 0.6 is 0 Å². The number of aldehydes is 1. The first kappa shape index (κ1) is 24.6. The van der Waals surface area contributed by atoms with E-state index in [0.29, 0.717) is 56.2 Å². The predicted octanol–water partition coefficient (Wildman–Crippen LogP) is 2.82. The van der Waals surface area contributed by atoms with E-state index >= 15 is 0 Å². The molecule has 9 nitrogen and oxygen atoms in total. The summed E-state index contributed by atoms with van der Waals surface area (Å²) in [5, 5.41) is 20.9. The van der Waals surface area contributed by atoms with Crippen LogP contribution in [0.4, 0.5) is 21.5 Å². The van der Waals surface area contributed by atoms with Crippen LogP contribution in [0.2, 0.25) is 0 Å². The number of piperazine rings is 1. The molecule has 10 heteroatoms. The van der Waals surface area contributed by atoms with Crippen molar-refractivity contribution in [2.24, 2.45) is 5.92 Å². The quantitative estimate of drug-likeness (QED) is 0.366. The van der Waals surface area contributed by atoms with Crippen LogP contribution in [0, 0.1) is 21.8 Å². The van der Waals surface area contributed by atoms with Crippen molar-refractivity contribution < 1.29 is 24.0 Å². The van der Waals surface area contributed by atoms with Gasteiger partial charge in [0.15, 0.2) is 0 Å². The fraction of sp³-hybridized carbons (Fsp3) is 0.440. The number of hydrogen-bond acceptors (Lipinski definition) is 7. The van der Waals surface area contributed by atoms with Crippen LogP contribution in [0.15, 0.2) is 36.4 Å². The molecule has 35 heavy (non-hydrogen) atoms. The number of hydrogen-bond donors (Lipinski definition) is 1. The van der Waals surface area contributed by atoms with Gasteiger partial charge in [0.05, 0.1) is 21.9 Å². The summed E-state index contributed by atoms with van der Waals surface area (Å²) in [5.41, 5.74) is 1.77. The Kier molecular flexibility index (Phi) is 7.30. The second-order valence-corrected chi connectivity index (χ2v) is 9.16. The van der Waals surface area contributed by atoms with Crippen molar-refractivity contribution in [1.29, 1.82) is 0 Å². The molecule has 186 valence electrons. The van der Waals surface area contributed by atoms with Crippen LogP contribution in [0.3, 0.4) is 0 Å². The Morgan fingerprint density at radius 3 is 2.46 bits per heavy atom. The molecule has 2 atom stereocenters. The van der Waals surface area contributed by atoms with Gasteiger partial charge in [-0.25, -0.2) is 4.39 Å². The molecule has 0 saturated carbocycles. The van der Waals surface area contributed by atoms with Crippen LogP contribution in [0.1, 0.15) is 35.2 Å². The molecule has 2 aromatic rings. The Hall–Kier alpha value is -3.53. The van der Waals surface area contributed by atoms with E-state index in [4.69, 9.17) is 0 Å². The maximum absolute atomic E-state index is 14.7. The number of benzene rings is 2. The van der Waals surface area contributed by atoms with Crippen LogP contribution < -0.4 is 9.80 Å². The highest BCUT2D eigenvalue weighted by molar-refractivity contribution is 6.00. The highest BCUT2D eigenvalue weighted by Gasteiger charge is 2.30. The van der Waals surface area contributed by atoms with Crippen molar-refractivity contribution in [1.82, 2.24) is 4.90 Å². The number of carbonyl (C=O) groups is 2. The van der Waals surface area contributed by atoms with Gasteiger partial charge in [0.2, 0.25) is 0 Å². The minimum absolute atomic E-state index is 0.0559. The topological polar surface area (TPSA) is 107 Å². The number of amides is 1. The van der Waals surface area contributed by atoms with Gasteiger partial charge in [0, 0.05) is 69.8 Å². The maximum Gasteiger partial charge on any atom is 0.270 e. The summed E-state index contributed by atoms with van der Waals surface area (Å²) in [4.78, 5) is 40.8. The smallest absolute Gasteiger partial charge is 0.270 e. The number of aliphatic hydroxyl groups excluding tert-OH is 1. The first-order chi connectivity index (χ1) is 16.8. The average Bonchev–Trinajstić information content (AvgIpc) is 3.36. The molecule has 0 aromatic heterocycles. The molecule has 2 saturated heterocycles. The molecule has 2 aromatic carbocycles. The Balaban J connectivity index is 1.51. The summed E-state index contributed by atoms with van der Waals surface area (Å²) in [6.45, 7) is 4.51. The van der Waals surface area contributed by atoms with Crippen molar-refractivity contribution in [2.75, 3.05) is 55.7 Å². The highest BCUT2D eigenvalue weighted by atomic mass is 19.1. The Morgan fingerprint density at radius 2 is 1.86 bits per heavy atom. The summed E-state index contributed by atoms with van der Waals surface area (Å²) in [6.07, 6.45) is 1.56. The van der Waals surface area contributed by atoms with Gasteiger partial charge >= 0.3 is 0 Å². The highest BCUT2D eigenvalue weighted by Crippen LogP contribution is 2.32. The molecule has 2 heterocycles. The van der Waals surface area contributed by atoms with Gasteiger partial charge in [-0.1, -0.05) is 13.0 Å². The molecule has 2 aliphatic rings. The monoisotopic (exact) mass is 484 g/mol. The second kappa shape index (κ2) is 10.4. The zero-order chi connectivity index (χ0) is 25.1. The number of anilines is 2. The summed E-state index contributed by atoms with van der Waals surface area (Å²) in [6, 6.07) is 9.10. The third kappa shape index (κ3) is 5.12. The molecule has 2 unspecified atom stereocenters. The third-order valence-corrected chi connectivity index (χ3v) is 6.92. The lowest BCUT2D eigenvalue weighted by atomic mass is 10.0. The van der Waals surface area contributed by atoms with Crippen molar-refractivity contribution in [3.05, 3.63) is 63.5 Å². The Bertz CT molecular complexity index is 1120. The molecular weight excluding hydrogens is 455 g/mol. The van der Waals surface area contributed by atoms with Gasteiger partial charge < -0.3 is 24.6 Å². The lowest BCUT2D eigenvalue weighted by Gasteiger charge is -2.37. The number of aliphatic hydroxyl groups is 1. The van der Waals surface area contributed by atoms with E-state index in [0.717, 1.165) is 12.7 Å². The van der Waals surface area contributed by atoms with Crippen LogP contribution in [0.25, 0.3) is 0 Å². The van der Waals surface area contributed by atoms with E-state index in [1.54, 1.807) is 30.0 Å². The third-order valence-electron chi connectivity index (χ3n) is 6.92. The van der Waals surface area contributed by atoms with Crippen molar-refractivity contribution in [2.45, 2.75) is 19.3 Å². The number of nitro benzene ring substituents is 1. The lowest BCUT2D eigenvalue weighted by molar-refractivity contribution is -0.384. The minimum Gasteiger partial charge on any atom is -0.396 e. The summed E-state index contributed by atoms with van der Waals surface area (Å²) < 4.78 is 14.7. The summed E-state index contributed by atoms with van der Waals surface area (Å²) in [5.74, 6) is -0.997. The van der Waals surface area contributed by atoms with Gasteiger partial charge in [-0.05, 0) is 30.2 Å². The largest absolute Gasteiger partial charge is 0.396 e. The summed E-state index contributed by atoms with van der Waals surface area (Å²) in [7, 11) is 0. The fourth-order valence-corrected chi connectivity index (χ4v) is 4.75. The molecule has 2 fully saturated rings. The van der Waals surface area contributed by atoms with E-state index in [2.05, 4.69) is 0 Å². The van der Waals surface area contributed by atoms with E-state index in [1.165, 1.54) is 18.2 Å². The molecule has 2 aliphatic heterocycles. The van der Waals surface area contributed by atoms with Crippen molar-refractivity contribution in [3.8, 4) is 0 Å². The standard InChI is InChI=1S/C25H29FN4O5/c1-17(15-31)19-2-4-24(22(26)12-19)27-8-10-28(11-9-27)25(33)21-13-20(30(34)35)3-5-23(21)29-7-6-18(14-29)16-32/h2-5,12-13,15,17-18,32H,6-11,14,16H2,1H3. The lowest BCUT2D eigenvalue weighted by Crippen LogP contribution is -2.49. The van der Waals surface area contributed by atoms with Crippen molar-refractivity contribution in [3.63, 3.8) is 0 Å². The van der Waals surface area contributed by atoms with Gasteiger partial charge in [-0.2, -0.15) is 0 Å². The Labute approximate surface area is 202 Å². The van der Waals surface area contributed by atoms with Gasteiger partial charge in [0.1, 0.15) is 12.1 Å². The van der Waals surface area contributed by atoms with E-state index in [1.807, 2.05) is 9.80 Å². The summed E-state index contributed by atoms with van der Waals surface area (Å²) >= 11 is 0. The Morgan fingerprint density at radius 1 is 1.14 bits per heavy atom. The van der Waals surface area contributed by atoms with E-state index in [-0.39, 0.29) is 35.6 Å². The molecule has 1 N–H and O–H groups in total. The zero-order valence-electron chi connectivity index (χ0n) is 19.6. The molecule has 1 amide bonds. The van der Waals surface area contributed by atoms with E-state index in [9.17, 15) is 29.2 Å². The first-order valence-corrected chi connectivity index (χ1v) is 11.8. The first-order valence-electron chi connectivity index (χ1n) is 11.8. The second-order valence-electron chi connectivity index (χ2n) is 9.16. The van der Waals surface area contributed by atoms with Crippen LogP contribution in [0.5, 0.6) is 0 Å². The number of nitrogens with zero attached hydrogens (tertiary/aromatic N) is 4. The predicted molar refractivity (Wildman–Crippen MR) is 129 cm³/mol. The number of non-ortho nitro benzene ring substituents is 1. The van der Waals surface area contributed by atoms with Gasteiger partial charge in [-0.15, -0.1) is 0 Å². The molecule has 4 rings (SSSR count). The SMILES string of the molecule is CC(C=O)c1ccc(N2CCN(C(=O)c3cc([N+](=O)[O-])ccc3N3CCC(CO)C3)CC2)c(F)c1. The fourth-order valence-electron chi connectivity index (χ4n) is 4.75. The normalized spacial score (nSPS) is 19.1. The van der Waals surface area contributed by atoms with E-state index < -0.39 is 10.7 Å². The van der Waals surface area contributed by atoms with Crippen LogP contribution in [-0.2, 0) is 4.79 Å². The van der Waals surface area contributed by atoms with Crippen molar-refractivity contribution >= 4 is 29.3 Å². The number of carbonyl (C=O) groups excluding carboxylic acids is 2. The van der Waals surface area contributed by atoms with Gasteiger partial charge in [0.25, 0.3) is 11.6 Å². The number of rotatable bonds is 7. The molecule has 0 radical (unpaired) electrons. The average molecular weight is 485 g/mol. The minimum atomic E-state index is -0.517. The number of halogens is 1. The molecule has 0 aliphatic carbocycles.